The lowest BCUT2D eigenvalue weighted by atomic mass is 9.98. The maximum absolute atomic E-state index is 11.6. The number of aliphatic hydroxyl groups excluding tert-OH is 1. The van der Waals surface area contributed by atoms with Crippen LogP contribution in [-0.2, 0) is 6.42 Å². The van der Waals surface area contributed by atoms with E-state index in [9.17, 15) is 4.79 Å². The molecule has 3 atom stereocenters. The lowest BCUT2D eigenvalue weighted by Gasteiger charge is -2.15. The molecule has 1 aromatic carbocycles. The Morgan fingerprint density at radius 3 is 2.80 bits per heavy atom. The first-order chi connectivity index (χ1) is 9.63. The Bertz CT molecular complexity index is 420. The van der Waals surface area contributed by atoms with E-state index >= 15 is 0 Å². The summed E-state index contributed by atoms with van der Waals surface area (Å²) in [6.45, 7) is 1.96. The van der Waals surface area contributed by atoms with Gasteiger partial charge in [-0.25, -0.2) is 4.79 Å². The first-order valence-corrected chi connectivity index (χ1v) is 7.40. The smallest absolute Gasteiger partial charge is 0.315 e. The minimum Gasteiger partial charge on any atom is -0.392 e. The zero-order chi connectivity index (χ0) is 14.4. The fourth-order valence-corrected chi connectivity index (χ4v) is 2.82. The molecular formula is C16H24N2O2. The molecule has 0 saturated heterocycles. The molecule has 0 aromatic heterocycles. The van der Waals surface area contributed by atoms with Crippen LogP contribution < -0.4 is 10.6 Å². The number of hydrogen-bond acceptors (Lipinski definition) is 2. The van der Waals surface area contributed by atoms with Crippen molar-refractivity contribution in [3.05, 3.63) is 35.9 Å². The van der Waals surface area contributed by atoms with Gasteiger partial charge in [-0.1, -0.05) is 30.3 Å². The van der Waals surface area contributed by atoms with Crippen molar-refractivity contribution < 1.29 is 9.90 Å². The maximum Gasteiger partial charge on any atom is 0.315 e. The van der Waals surface area contributed by atoms with E-state index in [-0.39, 0.29) is 12.1 Å². The largest absolute Gasteiger partial charge is 0.392 e. The minimum absolute atomic E-state index is 0.170. The number of rotatable bonds is 5. The molecule has 4 nitrogen and oxygen atoms in total. The molecule has 1 fully saturated rings. The lowest BCUT2D eigenvalue weighted by Crippen LogP contribution is -2.43. The molecule has 1 aliphatic carbocycles. The highest BCUT2D eigenvalue weighted by molar-refractivity contribution is 5.74. The van der Waals surface area contributed by atoms with Crippen LogP contribution in [0.4, 0.5) is 4.79 Å². The van der Waals surface area contributed by atoms with Crippen LogP contribution in [0, 0.1) is 5.92 Å². The molecule has 110 valence electrons. The summed E-state index contributed by atoms with van der Waals surface area (Å²) < 4.78 is 0. The highest BCUT2D eigenvalue weighted by atomic mass is 16.3. The molecule has 0 radical (unpaired) electrons. The highest BCUT2D eigenvalue weighted by Gasteiger charge is 2.25. The summed E-state index contributed by atoms with van der Waals surface area (Å²) in [5.74, 6) is 0.652. The second-order valence-electron chi connectivity index (χ2n) is 5.77. The second-order valence-corrected chi connectivity index (χ2v) is 5.77. The Kier molecular flexibility index (Phi) is 5.41. The van der Waals surface area contributed by atoms with E-state index in [1.54, 1.807) is 6.92 Å². The van der Waals surface area contributed by atoms with Gasteiger partial charge in [0, 0.05) is 12.6 Å². The molecule has 1 aromatic rings. The number of amides is 2. The SMILES string of the molecule is C[C@@H](O)CNC(=O)NC1CCC(Cc2ccccc2)C1. The van der Waals surface area contributed by atoms with E-state index in [0.717, 1.165) is 25.7 Å². The molecule has 2 amide bonds. The summed E-state index contributed by atoms with van der Waals surface area (Å²) >= 11 is 0. The molecule has 0 aliphatic heterocycles. The third-order valence-electron chi connectivity index (χ3n) is 3.80. The summed E-state index contributed by atoms with van der Waals surface area (Å²) in [6, 6.07) is 10.6. The Hall–Kier alpha value is -1.55. The molecule has 20 heavy (non-hydrogen) atoms. The van der Waals surface area contributed by atoms with Crippen LogP contribution >= 0.6 is 0 Å². The molecule has 4 heteroatoms. The first kappa shape index (κ1) is 14.9. The van der Waals surface area contributed by atoms with E-state index in [1.807, 2.05) is 6.07 Å². The summed E-state index contributed by atoms with van der Waals surface area (Å²) in [5, 5.41) is 14.8. The van der Waals surface area contributed by atoms with E-state index < -0.39 is 6.10 Å². The molecule has 1 aliphatic rings. The predicted molar refractivity (Wildman–Crippen MR) is 79.5 cm³/mol. The number of benzene rings is 1. The van der Waals surface area contributed by atoms with Gasteiger partial charge >= 0.3 is 6.03 Å². The number of carbonyl (C=O) groups is 1. The van der Waals surface area contributed by atoms with Crippen molar-refractivity contribution in [3.63, 3.8) is 0 Å². The van der Waals surface area contributed by atoms with Crippen molar-refractivity contribution in [2.75, 3.05) is 6.54 Å². The third kappa shape index (κ3) is 4.85. The van der Waals surface area contributed by atoms with Gasteiger partial charge in [-0.05, 0) is 44.1 Å². The molecule has 2 rings (SSSR count). The summed E-state index contributed by atoms with van der Waals surface area (Å²) in [7, 11) is 0. The van der Waals surface area contributed by atoms with Crippen LogP contribution in [0.2, 0.25) is 0 Å². The number of aliphatic hydroxyl groups is 1. The summed E-state index contributed by atoms with van der Waals surface area (Å²) in [4.78, 5) is 11.6. The molecule has 3 N–H and O–H groups in total. The maximum atomic E-state index is 11.6. The zero-order valence-corrected chi connectivity index (χ0v) is 12.0. The fraction of sp³-hybridized carbons (Fsp3) is 0.562. The molecule has 2 unspecified atom stereocenters. The molecule has 0 heterocycles. The van der Waals surface area contributed by atoms with Gasteiger partial charge in [-0.3, -0.25) is 0 Å². The molecular weight excluding hydrogens is 252 g/mol. The molecule has 1 saturated carbocycles. The lowest BCUT2D eigenvalue weighted by molar-refractivity contribution is 0.186. The number of hydrogen-bond donors (Lipinski definition) is 3. The van der Waals surface area contributed by atoms with Gasteiger partial charge < -0.3 is 15.7 Å². The summed E-state index contributed by atoms with van der Waals surface area (Å²) in [5.41, 5.74) is 1.37. The highest BCUT2D eigenvalue weighted by Crippen LogP contribution is 2.28. The van der Waals surface area contributed by atoms with E-state index in [0.29, 0.717) is 12.5 Å². The van der Waals surface area contributed by atoms with Crippen LogP contribution in [0.3, 0.4) is 0 Å². The van der Waals surface area contributed by atoms with Gasteiger partial charge in [0.15, 0.2) is 0 Å². The second kappa shape index (κ2) is 7.29. The average Bonchev–Trinajstić information content (AvgIpc) is 2.85. The quantitative estimate of drug-likeness (QED) is 0.771. The Labute approximate surface area is 120 Å². The standard InChI is InChI=1S/C16H24N2O2/c1-12(19)11-17-16(20)18-15-8-7-14(10-15)9-13-5-3-2-4-6-13/h2-6,12,14-15,19H,7-11H2,1H3,(H2,17,18,20)/t12-,14?,15?/m1/s1. The van der Waals surface area contributed by atoms with Gasteiger partial charge in [0.2, 0.25) is 0 Å². The normalized spacial score (nSPS) is 23.3. The number of carbonyl (C=O) groups excluding carboxylic acids is 1. The topological polar surface area (TPSA) is 61.4 Å². The molecule has 0 spiro atoms. The van der Waals surface area contributed by atoms with E-state index in [1.165, 1.54) is 5.56 Å². The van der Waals surface area contributed by atoms with Crippen molar-refractivity contribution >= 4 is 6.03 Å². The monoisotopic (exact) mass is 276 g/mol. The van der Waals surface area contributed by atoms with Gasteiger partial charge in [0.25, 0.3) is 0 Å². The van der Waals surface area contributed by atoms with Crippen LogP contribution in [-0.4, -0.2) is 29.8 Å². The summed E-state index contributed by atoms with van der Waals surface area (Å²) in [6.07, 6.45) is 3.83. The van der Waals surface area contributed by atoms with Crippen molar-refractivity contribution in [2.45, 2.75) is 44.8 Å². The van der Waals surface area contributed by atoms with Gasteiger partial charge in [0.1, 0.15) is 0 Å². The Balaban J connectivity index is 1.71. The van der Waals surface area contributed by atoms with Crippen molar-refractivity contribution in [1.82, 2.24) is 10.6 Å². The van der Waals surface area contributed by atoms with Crippen LogP contribution in [0.5, 0.6) is 0 Å². The van der Waals surface area contributed by atoms with Crippen molar-refractivity contribution in [3.8, 4) is 0 Å². The average molecular weight is 276 g/mol. The van der Waals surface area contributed by atoms with Crippen LogP contribution in [0.1, 0.15) is 31.7 Å². The van der Waals surface area contributed by atoms with Crippen molar-refractivity contribution in [1.29, 1.82) is 0 Å². The Morgan fingerprint density at radius 2 is 2.10 bits per heavy atom. The minimum atomic E-state index is -0.504. The van der Waals surface area contributed by atoms with Crippen LogP contribution in [0.25, 0.3) is 0 Å². The first-order valence-electron chi connectivity index (χ1n) is 7.40. The van der Waals surface area contributed by atoms with E-state index in [4.69, 9.17) is 5.11 Å². The number of urea groups is 1. The number of nitrogens with one attached hydrogen (secondary N) is 2. The predicted octanol–water partition coefficient (Wildman–Crippen LogP) is 2.08. The van der Waals surface area contributed by atoms with Gasteiger partial charge in [-0.15, -0.1) is 0 Å². The Morgan fingerprint density at radius 1 is 1.35 bits per heavy atom. The van der Waals surface area contributed by atoms with Crippen molar-refractivity contribution in [2.24, 2.45) is 5.92 Å². The van der Waals surface area contributed by atoms with E-state index in [2.05, 4.69) is 34.9 Å². The van der Waals surface area contributed by atoms with Crippen LogP contribution in [0.15, 0.2) is 30.3 Å². The third-order valence-corrected chi connectivity index (χ3v) is 3.80. The molecule has 0 bridgehead atoms. The fourth-order valence-electron chi connectivity index (χ4n) is 2.82. The zero-order valence-electron chi connectivity index (χ0n) is 12.0. The van der Waals surface area contributed by atoms with Gasteiger partial charge in [-0.2, -0.15) is 0 Å². The van der Waals surface area contributed by atoms with Gasteiger partial charge in [0.05, 0.1) is 6.10 Å².